The number of hydrogen-bond acceptors (Lipinski definition) is 2. The van der Waals surface area contributed by atoms with Gasteiger partial charge in [0.2, 0.25) is 0 Å². The zero-order valence-electron chi connectivity index (χ0n) is 15.0. The first-order chi connectivity index (χ1) is 12.7. The van der Waals surface area contributed by atoms with Crippen molar-refractivity contribution >= 4 is 0 Å². The highest BCUT2D eigenvalue weighted by Gasteiger charge is 2.42. The fourth-order valence-corrected chi connectivity index (χ4v) is 4.39. The standard InChI is InChI=1S/C19H24F6N2/c20-18(21,22)14-6-7-15(16(12-14)19(23,24)25)17(13-4-2-1-3-5-13)27-10-8-26-9-11-27/h6-7,12-13,17,26H,1-5,8-11H2/t17-/m1/s1. The fourth-order valence-electron chi connectivity index (χ4n) is 4.39. The first-order valence-corrected chi connectivity index (χ1v) is 9.41. The van der Waals surface area contributed by atoms with Crippen LogP contribution < -0.4 is 5.32 Å². The number of piperazine rings is 1. The van der Waals surface area contributed by atoms with Crippen LogP contribution in [0.5, 0.6) is 0 Å². The zero-order valence-corrected chi connectivity index (χ0v) is 15.0. The largest absolute Gasteiger partial charge is 0.416 e. The molecule has 2 fully saturated rings. The summed E-state index contributed by atoms with van der Waals surface area (Å²) in [6.45, 7) is 2.54. The molecule has 0 amide bonds. The molecular formula is C19H24F6N2. The minimum absolute atomic E-state index is 0.00991. The highest BCUT2D eigenvalue weighted by molar-refractivity contribution is 5.38. The summed E-state index contributed by atoms with van der Waals surface area (Å²) in [5.74, 6) is 0.0367. The van der Waals surface area contributed by atoms with Crippen molar-refractivity contribution < 1.29 is 26.3 Å². The highest BCUT2D eigenvalue weighted by atomic mass is 19.4. The maximum atomic E-state index is 13.7. The molecule has 2 aliphatic rings. The Labute approximate surface area is 154 Å². The van der Waals surface area contributed by atoms with Crippen molar-refractivity contribution in [1.29, 1.82) is 0 Å². The van der Waals surface area contributed by atoms with Crippen molar-refractivity contribution in [2.45, 2.75) is 50.5 Å². The van der Waals surface area contributed by atoms with E-state index < -0.39 is 29.5 Å². The summed E-state index contributed by atoms with van der Waals surface area (Å²) in [6.07, 6.45) is -5.03. The summed E-state index contributed by atoms with van der Waals surface area (Å²) in [5.41, 5.74) is -2.41. The van der Waals surface area contributed by atoms with Crippen LogP contribution in [-0.2, 0) is 12.4 Å². The van der Waals surface area contributed by atoms with E-state index in [2.05, 4.69) is 5.32 Å². The Morgan fingerprint density at radius 1 is 0.889 bits per heavy atom. The Hall–Kier alpha value is -1.28. The molecule has 0 bridgehead atoms. The molecule has 1 aromatic rings. The lowest BCUT2D eigenvalue weighted by atomic mass is 9.78. The second-order valence-corrected chi connectivity index (χ2v) is 7.43. The molecule has 1 saturated carbocycles. The van der Waals surface area contributed by atoms with E-state index in [0.717, 1.165) is 44.2 Å². The van der Waals surface area contributed by atoms with Crippen LogP contribution >= 0.6 is 0 Å². The number of hydrogen-bond donors (Lipinski definition) is 1. The third-order valence-corrected chi connectivity index (χ3v) is 5.65. The average molecular weight is 394 g/mol. The maximum Gasteiger partial charge on any atom is 0.416 e. The number of rotatable bonds is 3. The van der Waals surface area contributed by atoms with E-state index in [1.165, 1.54) is 0 Å². The van der Waals surface area contributed by atoms with Gasteiger partial charge in [0.05, 0.1) is 11.1 Å². The Bertz CT molecular complexity index is 610. The summed E-state index contributed by atoms with van der Waals surface area (Å²) >= 11 is 0. The molecule has 8 heteroatoms. The van der Waals surface area contributed by atoms with Gasteiger partial charge in [-0.2, -0.15) is 26.3 Å². The normalized spacial score (nSPS) is 22.0. The predicted octanol–water partition coefficient (Wildman–Crippen LogP) is 5.25. The molecule has 1 aliphatic heterocycles. The third-order valence-electron chi connectivity index (χ3n) is 5.65. The van der Waals surface area contributed by atoms with Crippen molar-refractivity contribution in [1.82, 2.24) is 10.2 Å². The van der Waals surface area contributed by atoms with Gasteiger partial charge in [0.25, 0.3) is 0 Å². The van der Waals surface area contributed by atoms with Gasteiger partial charge in [-0.3, -0.25) is 4.90 Å². The minimum Gasteiger partial charge on any atom is -0.314 e. The van der Waals surface area contributed by atoms with Crippen LogP contribution in [0.3, 0.4) is 0 Å². The maximum absolute atomic E-state index is 13.7. The van der Waals surface area contributed by atoms with Gasteiger partial charge in [-0.25, -0.2) is 0 Å². The Morgan fingerprint density at radius 2 is 1.52 bits per heavy atom. The third kappa shape index (κ3) is 4.77. The first kappa shape index (κ1) is 20.5. The molecule has 0 spiro atoms. The summed E-state index contributed by atoms with van der Waals surface area (Å²) in [4.78, 5) is 2.02. The van der Waals surface area contributed by atoms with Crippen LogP contribution in [0, 0.1) is 5.92 Å². The van der Waals surface area contributed by atoms with Crippen molar-refractivity contribution in [3.63, 3.8) is 0 Å². The highest BCUT2D eigenvalue weighted by Crippen LogP contribution is 2.45. The molecule has 2 nitrogen and oxygen atoms in total. The van der Waals surface area contributed by atoms with Gasteiger partial charge >= 0.3 is 12.4 Å². The molecule has 152 valence electrons. The average Bonchev–Trinajstić information content (AvgIpc) is 2.62. The van der Waals surface area contributed by atoms with Crippen LogP contribution in [0.4, 0.5) is 26.3 Å². The van der Waals surface area contributed by atoms with Crippen LogP contribution in [0.2, 0.25) is 0 Å². The molecular weight excluding hydrogens is 370 g/mol. The molecule has 0 unspecified atom stereocenters. The van der Waals surface area contributed by atoms with Gasteiger partial charge in [-0.05, 0) is 36.5 Å². The molecule has 0 radical (unpaired) electrons. The molecule has 1 atom stereocenters. The van der Waals surface area contributed by atoms with E-state index >= 15 is 0 Å². The molecule has 1 aliphatic carbocycles. The quantitative estimate of drug-likeness (QED) is 0.705. The van der Waals surface area contributed by atoms with Gasteiger partial charge in [-0.15, -0.1) is 0 Å². The van der Waals surface area contributed by atoms with E-state index in [0.29, 0.717) is 26.2 Å². The topological polar surface area (TPSA) is 15.3 Å². The lowest BCUT2D eigenvalue weighted by molar-refractivity contribution is -0.144. The summed E-state index contributed by atoms with van der Waals surface area (Å²) < 4.78 is 80.2. The second-order valence-electron chi connectivity index (χ2n) is 7.43. The zero-order chi connectivity index (χ0) is 19.7. The monoisotopic (exact) mass is 394 g/mol. The molecule has 3 rings (SSSR count). The van der Waals surface area contributed by atoms with Crippen molar-refractivity contribution in [3.8, 4) is 0 Å². The van der Waals surface area contributed by atoms with Crippen molar-refractivity contribution in [3.05, 3.63) is 34.9 Å². The van der Waals surface area contributed by atoms with Crippen LogP contribution in [0.1, 0.15) is 54.8 Å². The molecule has 1 saturated heterocycles. The molecule has 0 aromatic heterocycles. The molecule has 1 heterocycles. The van der Waals surface area contributed by atoms with E-state index in [9.17, 15) is 26.3 Å². The predicted molar refractivity (Wildman–Crippen MR) is 90.2 cm³/mol. The Balaban J connectivity index is 2.06. The number of halogens is 6. The Morgan fingerprint density at radius 3 is 2.07 bits per heavy atom. The van der Waals surface area contributed by atoms with E-state index in [-0.39, 0.29) is 17.5 Å². The van der Waals surface area contributed by atoms with Crippen LogP contribution in [-0.4, -0.2) is 31.1 Å². The van der Waals surface area contributed by atoms with Gasteiger partial charge in [0.15, 0.2) is 0 Å². The first-order valence-electron chi connectivity index (χ1n) is 9.41. The summed E-state index contributed by atoms with van der Waals surface area (Å²) in [5, 5.41) is 3.19. The lowest BCUT2D eigenvalue weighted by Gasteiger charge is -2.42. The van der Waals surface area contributed by atoms with Gasteiger partial charge in [0, 0.05) is 32.2 Å². The van der Waals surface area contributed by atoms with E-state index in [1.54, 1.807) is 0 Å². The smallest absolute Gasteiger partial charge is 0.314 e. The van der Waals surface area contributed by atoms with E-state index in [1.807, 2.05) is 4.90 Å². The molecule has 1 aromatic carbocycles. The minimum atomic E-state index is -4.82. The van der Waals surface area contributed by atoms with Crippen LogP contribution in [0.15, 0.2) is 18.2 Å². The van der Waals surface area contributed by atoms with Gasteiger partial charge in [-0.1, -0.05) is 25.3 Å². The number of benzene rings is 1. The van der Waals surface area contributed by atoms with Gasteiger partial charge in [0.1, 0.15) is 0 Å². The van der Waals surface area contributed by atoms with Gasteiger partial charge < -0.3 is 5.32 Å². The number of nitrogens with zero attached hydrogens (tertiary/aromatic N) is 1. The molecule has 27 heavy (non-hydrogen) atoms. The molecule has 1 N–H and O–H groups in total. The van der Waals surface area contributed by atoms with E-state index in [4.69, 9.17) is 0 Å². The lowest BCUT2D eigenvalue weighted by Crippen LogP contribution is -2.47. The van der Waals surface area contributed by atoms with Crippen LogP contribution in [0.25, 0.3) is 0 Å². The fraction of sp³-hybridized carbons (Fsp3) is 0.684. The summed E-state index contributed by atoms with van der Waals surface area (Å²) in [6, 6.07) is 1.65. The van der Waals surface area contributed by atoms with Crippen molar-refractivity contribution in [2.75, 3.05) is 26.2 Å². The second kappa shape index (κ2) is 7.99. The Kier molecular flexibility index (Phi) is 6.05. The van der Waals surface area contributed by atoms with Crippen molar-refractivity contribution in [2.24, 2.45) is 5.92 Å². The number of alkyl halides is 6. The summed E-state index contributed by atoms with van der Waals surface area (Å²) in [7, 11) is 0. The number of nitrogens with one attached hydrogen (secondary N) is 1. The SMILES string of the molecule is FC(F)(F)c1ccc([C@@H](C2CCCCC2)N2CCNCC2)c(C(F)(F)F)c1.